The molecule has 152 valence electrons. The highest BCUT2D eigenvalue weighted by Gasteiger charge is 2.28. The van der Waals surface area contributed by atoms with Crippen LogP contribution in [0.25, 0.3) is 21.7 Å². The first kappa shape index (κ1) is 19.5. The third kappa shape index (κ3) is 3.06. The van der Waals surface area contributed by atoms with Gasteiger partial charge in [0.05, 0.1) is 12.3 Å². The number of fused-ring (bicyclic) bond motifs is 1. The van der Waals surface area contributed by atoms with Gasteiger partial charge in [0, 0.05) is 19.5 Å². The van der Waals surface area contributed by atoms with Crippen molar-refractivity contribution in [3.8, 4) is 11.3 Å². The lowest BCUT2D eigenvalue weighted by atomic mass is 9.91. The maximum atomic E-state index is 7.69. The van der Waals surface area contributed by atoms with Crippen LogP contribution in [0, 0.1) is 13.5 Å². The molecule has 0 aliphatic rings. The van der Waals surface area contributed by atoms with E-state index in [-0.39, 0.29) is 5.41 Å². The van der Waals surface area contributed by atoms with Gasteiger partial charge >= 0.3 is 0 Å². The summed E-state index contributed by atoms with van der Waals surface area (Å²) in [6.45, 7) is 15.8. The smallest absolute Gasteiger partial charge is 0.259 e. The van der Waals surface area contributed by atoms with E-state index in [1.807, 2.05) is 44.3 Å². The molecule has 4 aromatic rings. The van der Waals surface area contributed by atoms with Crippen LogP contribution < -0.4 is 0 Å². The van der Waals surface area contributed by atoms with Crippen LogP contribution in [0.2, 0.25) is 0 Å². The summed E-state index contributed by atoms with van der Waals surface area (Å²) in [5.41, 5.74) is 3.81. The first-order valence-corrected chi connectivity index (χ1v) is 9.56. The summed E-state index contributed by atoms with van der Waals surface area (Å²) < 4.78 is 5.12. The maximum Gasteiger partial charge on any atom is 0.259 e. The number of aryl methyl sites for hydroxylation is 3. The average molecular weight is 401 g/mol. The van der Waals surface area contributed by atoms with E-state index in [0.717, 1.165) is 22.7 Å². The van der Waals surface area contributed by atoms with Gasteiger partial charge in [-0.1, -0.05) is 51.1 Å². The van der Waals surface area contributed by atoms with Gasteiger partial charge in [0.1, 0.15) is 11.5 Å². The molecule has 9 nitrogen and oxygen atoms in total. The van der Waals surface area contributed by atoms with Crippen molar-refractivity contribution in [2.45, 2.75) is 33.1 Å². The second-order valence-electron chi connectivity index (χ2n) is 8.18. The molecule has 0 saturated heterocycles. The summed E-state index contributed by atoms with van der Waals surface area (Å²) in [7, 11) is 3.62. The minimum absolute atomic E-state index is 0.239. The summed E-state index contributed by atoms with van der Waals surface area (Å²) in [5.74, 6) is 1.18. The zero-order valence-corrected chi connectivity index (χ0v) is 17.9. The molecule has 3 aromatic heterocycles. The van der Waals surface area contributed by atoms with Crippen molar-refractivity contribution >= 4 is 22.8 Å². The Bertz CT molecular complexity index is 1300. The molecule has 1 aromatic carbocycles. The van der Waals surface area contributed by atoms with E-state index in [2.05, 4.69) is 46.0 Å². The quantitative estimate of drug-likeness (QED) is 0.356. The van der Waals surface area contributed by atoms with Gasteiger partial charge in [0.2, 0.25) is 0 Å². The molecule has 0 aliphatic carbocycles. The summed E-state index contributed by atoms with van der Waals surface area (Å²) >= 11 is 0. The lowest BCUT2D eigenvalue weighted by Gasteiger charge is -2.15. The Hall–Kier alpha value is -3.80. The molecule has 0 aliphatic heterocycles. The zero-order chi connectivity index (χ0) is 21.6. The fourth-order valence-corrected chi connectivity index (χ4v) is 3.43. The van der Waals surface area contributed by atoms with Gasteiger partial charge in [-0.3, -0.25) is 4.68 Å². The van der Waals surface area contributed by atoms with Crippen molar-refractivity contribution in [1.82, 2.24) is 29.2 Å². The third-order valence-electron chi connectivity index (χ3n) is 4.85. The first-order chi connectivity index (χ1) is 14.2. The van der Waals surface area contributed by atoms with Gasteiger partial charge in [0.15, 0.2) is 17.2 Å². The Morgan fingerprint density at radius 1 is 0.967 bits per heavy atom. The fourth-order valence-electron chi connectivity index (χ4n) is 3.43. The van der Waals surface area contributed by atoms with Gasteiger partial charge in [0.25, 0.3) is 5.69 Å². The predicted octanol–water partition coefficient (Wildman–Crippen LogP) is 5.04. The van der Waals surface area contributed by atoms with Crippen molar-refractivity contribution < 1.29 is 0 Å². The lowest BCUT2D eigenvalue weighted by molar-refractivity contribution is 0.561. The molecule has 3 heterocycles. The topological polar surface area (TPSA) is 82.0 Å². The molecule has 0 radical (unpaired) electrons. The van der Waals surface area contributed by atoms with E-state index in [1.54, 1.807) is 20.9 Å². The highest BCUT2D eigenvalue weighted by molar-refractivity contribution is 5.82. The minimum atomic E-state index is -0.239. The highest BCUT2D eigenvalue weighted by Crippen LogP contribution is 2.40. The number of aromatic nitrogens is 6. The maximum absolute atomic E-state index is 7.69. The van der Waals surface area contributed by atoms with E-state index in [9.17, 15) is 0 Å². The molecule has 0 atom stereocenters. The minimum Gasteiger partial charge on any atom is -0.260 e. The lowest BCUT2D eigenvalue weighted by Crippen LogP contribution is -2.12. The predicted molar refractivity (Wildman–Crippen MR) is 114 cm³/mol. The van der Waals surface area contributed by atoms with Crippen LogP contribution in [0.5, 0.6) is 0 Å². The van der Waals surface area contributed by atoms with Crippen molar-refractivity contribution in [3.63, 3.8) is 0 Å². The monoisotopic (exact) mass is 401 g/mol. The summed E-state index contributed by atoms with van der Waals surface area (Å²) in [4.78, 5) is 3.70. The molecule has 0 amide bonds. The molecule has 0 fully saturated rings. The molecule has 9 heteroatoms. The second-order valence-corrected chi connectivity index (χ2v) is 8.18. The van der Waals surface area contributed by atoms with Crippen LogP contribution in [-0.2, 0) is 19.5 Å². The van der Waals surface area contributed by atoms with Gasteiger partial charge in [-0.05, 0) is 12.5 Å². The fraction of sp³-hybridized carbons (Fsp3) is 0.333. The number of azo groups is 1. The van der Waals surface area contributed by atoms with E-state index in [4.69, 9.17) is 11.7 Å². The molecule has 0 spiro atoms. The number of nitrogens with zero attached hydrogens (tertiary/aromatic N) is 9. The van der Waals surface area contributed by atoms with Crippen LogP contribution in [0.3, 0.4) is 0 Å². The Labute approximate surface area is 174 Å². The van der Waals surface area contributed by atoms with Crippen LogP contribution in [-0.4, -0.2) is 29.2 Å². The van der Waals surface area contributed by atoms with Crippen LogP contribution in [0.4, 0.5) is 17.2 Å². The normalized spacial score (nSPS) is 12.2. The third-order valence-corrected chi connectivity index (χ3v) is 4.85. The van der Waals surface area contributed by atoms with E-state index in [0.29, 0.717) is 22.9 Å². The summed E-state index contributed by atoms with van der Waals surface area (Å²) in [6.07, 6.45) is 0. The van der Waals surface area contributed by atoms with Crippen molar-refractivity contribution in [2.24, 2.45) is 24.3 Å². The molecule has 0 bridgehead atoms. The van der Waals surface area contributed by atoms with Gasteiger partial charge in [-0.25, -0.2) is 9.53 Å². The van der Waals surface area contributed by atoms with Gasteiger partial charge in [-0.2, -0.15) is 19.8 Å². The Morgan fingerprint density at radius 2 is 1.67 bits per heavy atom. The standard InChI is InChI=1S/C21H23N9/c1-13-25-29(7)20-17(18(21(2,3)4)27-30(13)20)23-24-19-16(22-5)15(26-28(19)6)14-11-9-8-10-12-14/h8-12H,1-4,6-7H3/b24-23+. The average Bonchev–Trinajstić information content (AvgIpc) is 3.32. The first-order valence-electron chi connectivity index (χ1n) is 9.56. The SMILES string of the molecule is [C-]#[N+]c1c(-c2ccccc2)nn(C)c1/N=N/c1c(C(C)(C)C)nn2c(C)nn(C)c12. The molecular formula is C21H23N9. The van der Waals surface area contributed by atoms with Crippen LogP contribution in [0.15, 0.2) is 40.6 Å². The number of rotatable bonds is 3. The molecule has 0 unspecified atom stereocenters. The summed E-state index contributed by atoms with van der Waals surface area (Å²) in [6, 6.07) is 9.62. The summed E-state index contributed by atoms with van der Waals surface area (Å²) in [5, 5.41) is 22.7. The second kappa shape index (κ2) is 6.91. The Morgan fingerprint density at radius 3 is 2.30 bits per heavy atom. The van der Waals surface area contributed by atoms with Crippen LogP contribution >= 0.6 is 0 Å². The largest absolute Gasteiger partial charge is 0.260 e. The highest BCUT2D eigenvalue weighted by atomic mass is 15.4. The number of hydrogen-bond donors (Lipinski definition) is 0. The number of benzene rings is 1. The molecule has 0 N–H and O–H groups in total. The van der Waals surface area contributed by atoms with E-state index < -0.39 is 0 Å². The molecule has 30 heavy (non-hydrogen) atoms. The van der Waals surface area contributed by atoms with Crippen molar-refractivity contribution in [1.29, 1.82) is 0 Å². The zero-order valence-electron chi connectivity index (χ0n) is 17.9. The number of hydrogen-bond acceptors (Lipinski definition) is 5. The molecular weight excluding hydrogens is 378 g/mol. The Kier molecular flexibility index (Phi) is 4.50. The van der Waals surface area contributed by atoms with Gasteiger partial charge < -0.3 is 0 Å². The van der Waals surface area contributed by atoms with Crippen LogP contribution in [0.1, 0.15) is 32.3 Å². The Balaban J connectivity index is 1.89. The van der Waals surface area contributed by atoms with E-state index in [1.165, 1.54) is 0 Å². The van der Waals surface area contributed by atoms with Gasteiger partial charge in [-0.15, -0.1) is 10.2 Å². The van der Waals surface area contributed by atoms with E-state index >= 15 is 0 Å². The molecule has 4 rings (SSSR count). The van der Waals surface area contributed by atoms with Crippen molar-refractivity contribution in [2.75, 3.05) is 0 Å². The van der Waals surface area contributed by atoms with Crippen molar-refractivity contribution in [3.05, 3.63) is 53.3 Å². The molecule has 0 saturated carbocycles.